The summed E-state index contributed by atoms with van der Waals surface area (Å²) in [6.45, 7) is 0. The first-order valence-corrected chi connectivity index (χ1v) is 5.30. The molecule has 0 aliphatic rings. The standard InChI is InChI=1S/C12H7FN2O5/c13-9-3-2-8(5-10(9)15(19)20)14-6-7(12(17)18)1-4-11(14)16/h1-6H,(H,17,18). The number of aromatic carboxylic acids is 1. The molecule has 2 rings (SSSR count). The third kappa shape index (κ3) is 2.39. The lowest BCUT2D eigenvalue weighted by molar-refractivity contribution is -0.387. The molecule has 20 heavy (non-hydrogen) atoms. The Balaban J connectivity index is 2.65. The van der Waals surface area contributed by atoms with Gasteiger partial charge in [0.05, 0.1) is 16.2 Å². The van der Waals surface area contributed by atoms with Crippen molar-refractivity contribution in [1.29, 1.82) is 0 Å². The molecule has 0 atom stereocenters. The number of halogens is 1. The number of rotatable bonds is 3. The number of pyridine rings is 1. The normalized spacial score (nSPS) is 10.2. The van der Waals surface area contributed by atoms with E-state index in [1.54, 1.807) is 0 Å². The highest BCUT2D eigenvalue weighted by Crippen LogP contribution is 2.20. The number of hydrogen-bond donors (Lipinski definition) is 1. The molecule has 1 aromatic heterocycles. The van der Waals surface area contributed by atoms with E-state index in [0.717, 1.165) is 41.1 Å². The van der Waals surface area contributed by atoms with E-state index in [1.165, 1.54) is 0 Å². The number of benzene rings is 1. The highest BCUT2D eigenvalue weighted by molar-refractivity contribution is 5.87. The third-order valence-electron chi connectivity index (χ3n) is 2.56. The Morgan fingerprint density at radius 3 is 2.60 bits per heavy atom. The van der Waals surface area contributed by atoms with Crippen LogP contribution in [-0.2, 0) is 0 Å². The summed E-state index contributed by atoms with van der Waals surface area (Å²) in [6.07, 6.45) is 1.02. The molecule has 1 aromatic carbocycles. The van der Waals surface area contributed by atoms with Crippen molar-refractivity contribution in [3.63, 3.8) is 0 Å². The lowest BCUT2D eigenvalue weighted by Crippen LogP contribution is -2.18. The zero-order chi connectivity index (χ0) is 14.9. The van der Waals surface area contributed by atoms with E-state index in [-0.39, 0.29) is 11.3 Å². The fraction of sp³-hybridized carbons (Fsp3) is 0. The van der Waals surface area contributed by atoms with Gasteiger partial charge >= 0.3 is 11.7 Å². The van der Waals surface area contributed by atoms with Crippen molar-refractivity contribution in [3.8, 4) is 5.69 Å². The number of nitro benzene ring substituents is 1. The molecule has 0 aliphatic heterocycles. The first kappa shape index (κ1) is 13.4. The van der Waals surface area contributed by atoms with Gasteiger partial charge in [-0.05, 0) is 18.2 Å². The molecule has 102 valence electrons. The fourth-order valence-electron chi connectivity index (χ4n) is 1.61. The minimum atomic E-state index is -1.25. The Kier molecular flexibility index (Phi) is 3.30. The van der Waals surface area contributed by atoms with Crippen LogP contribution in [0.15, 0.2) is 41.3 Å². The van der Waals surface area contributed by atoms with Crippen molar-refractivity contribution in [1.82, 2.24) is 4.57 Å². The summed E-state index contributed by atoms with van der Waals surface area (Å²) in [5.74, 6) is -2.29. The van der Waals surface area contributed by atoms with E-state index in [2.05, 4.69) is 0 Å². The predicted molar refractivity (Wildman–Crippen MR) is 65.6 cm³/mol. The third-order valence-corrected chi connectivity index (χ3v) is 2.56. The van der Waals surface area contributed by atoms with Gasteiger partial charge in [-0.15, -0.1) is 0 Å². The number of hydrogen-bond acceptors (Lipinski definition) is 4. The van der Waals surface area contributed by atoms with E-state index >= 15 is 0 Å². The lowest BCUT2D eigenvalue weighted by atomic mass is 10.2. The maximum absolute atomic E-state index is 13.2. The van der Waals surface area contributed by atoms with E-state index < -0.39 is 28.0 Å². The topological polar surface area (TPSA) is 102 Å². The second-order valence-corrected chi connectivity index (χ2v) is 3.82. The maximum atomic E-state index is 13.2. The van der Waals surface area contributed by atoms with Crippen molar-refractivity contribution in [2.75, 3.05) is 0 Å². The molecule has 0 aliphatic carbocycles. The van der Waals surface area contributed by atoms with E-state index in [1.807, 2.05) is 0 Å². The minimum Gasteiger partial charge on any atom is -0.478 e. The van der Waals surface area contributed by atoms with E-state index in [4.69, 9.17) is 5.11 Å². The second kappa shape index (κ2) is 4.92. The molecule has 7 nitrogen and oxygen atoms in total. The van der Waals surface area contributed by atoms with Gasteiger partial charge in [-0.1, -0.05) is 0 Å². The van der Waals surface area contributed by atoms with Gasteiger partial charge in [-0.3, -0.25) is 19.5 Å². The summed E-state index contributed by atoms with van der Waals surface area (Å²) in [5, 5.41) is 19.5. The summed E-state index contributed by atoms with van der Waals surface area (Å²) >= 11 is 0. The summed E-state index contributed by atoms with van der Waals surface area (Å²) in [7, 11) is 0. The van der Waals surface area contributed by atoms with Crippen LogP contribution in [0.3, 0.4) is 0 Å². The monoisotopic (exact) mass is 278 g/mol. The Morgan fingerprint density at radius 2 is 2.00 bits per heavy atom. The molecule has 0 saturated carbocycles. The molecule has 0 radical (unpaired) electrons. The average molecular weight is 278 g/mol. The van der Waals surface area contributed by atoms with Crippen LogP contribution in [-0.4, -0.2) is 20.6 Å². The summed E-state index contributed by atoms with van der Waals surface area (Å²) < 4.78 is 14.1. The van der Waals surface area contributed by atoms with Crippen molar-refractivity contribution < 1.29 is 19.2 Å². The number of nitro groups is 1. The van der Waals surface area contributed by atoms with E-state index in [0.29, 0.717) is 0 Å². The molecule has 0 unspecified atom stereocenters. The number of carboxylic acids is 1. The van der Waals surface area contributed by atoms with Gasteiger partial charge in [-0.25, -0.2) is 4.79 Å². The number of carboxylic acid groups (broad SMARTS) is 1. The van der Waals surface area contributed by atoms with Gasteiger partial charge in [0.15, 0.2) is 0 Å². The molecule has 0 amide bonds. The lowest BCUT2D eigenvalue weighted by Gasteiger charge is -2.06. The average Bonchev–Trinajstić information content (AvgIpc) is 2.39. The summed E-state index contributed by atoms with van der Waals surface area (Å²) in [4.78, 5) is 32.2. The van der Waals surface area contributed by atoms with Crippen LogP contribution in [0, 0.1) is 15.9 Å². The van der Waals surface area contributed by atoms with Crippen molar-refractivity contribution in [2.45, 2.75) is 0 Å². The first-order chi connectivity index (χ1) is 9.40. The summed E-state index contributed by atoms with van der Waals surface area (Å²) in [5.41, 5.74) is -1.55. The molecule has 0 fully saturated rings. The zero-order valence-corrected chi connectivity index (χ0v) is 9.82. The highest BCUT2D eigenvalue weighted by Gasteiger charge is 2.16. The number of carbonyl (C=O) groups is 1. The van der Waals surface area contributed by atoms with Gasteiger partial charge < -0.3 is 5.11 Å². The second-order valence-electron chi connectivity index (χ2n) is 3.82. The van der Waals surface area contributed by atoms with Gasteiger partial charge in [0, 0.05) is 18.3 Å². The van der Waals surface area contributed by atoms with Crippen LogP contribution >= 0.6 is 0 Å². The van der Waals surface area contributed by atoms with Crippen molar-refractivity contribution in [2.24, 2.45) is 0 Å². The van der Waals surface area contributed by atoms with Crippen LogP contribution in [0.4, 0.5) is 10.1 Å². The Hall–Kier alpha value is -3.03. The number of nitrogens with zero attached hydrogens (tertiary/aromatic N) is 2. The molecule has 1 N–H and O–H groups in total. The molecule has 8 heteroatoms. The predicted octanol–water partition coefficient (Wildman–Crippen LogP) is 1.58. The van der Waals surface area contributed by atoms with Crippen molar-refractivity contribution >= 4 is 11.7 Å². The molecular formula is C12H7FN2O5. The molecule has 0 bridgehead atoms. The van der Waals surface area contributed by atoms with Crippen molar-refractivity contribution in [3.05, 3.63) is 68.4 Å². The van der Waals surface area contributed by atoms with Crippen LogP contribution < -0.4 is 5.56 Å². The molecule has 0 saturated heterocycles. The quantitative estimate of drug-likeness (QED) is 0.678. The smallest absolute Gasteiger partial charge is 0.337 e. The molecular weight excluding hydrogens is 271 g/mol. The largest absolute Gasteiger partial charge is 0.478 e. The fourth-order valence-corrected chi connectivity index (χ4v) is 1.61. The van der Waals surface area contributed by atoms with Gasteiger partial charge in [-0.2, -0.15) is 4.39 Å². The van der Waals surface area contributed by atoms with Crippen LogP contribution in [0.2, 0.25) is 0 Å². The molecule has 0 spiro atoms. The molecule has 2 aromatic rings. The Morgan fingerprint density at radius 1 is 1.30 bits per heavy atom. The van der Waals surface area contributed by atoms with Gasteiger partial charge in [0.1, 0.15) is 0 Å². The zero-order valence-electron chi connectivity index (χ0n) is 9.82. The Bertz CT molecular complexity index is 769. The van der Waals surface area contributed by atoms with Gasteiger partial charge in [0.2, 0.25) is 5.82 Å². The Labute approximate surface area is 110 Å². The number of aromatic nitrogens is 1. The maximum Gasteiger partial charge on any atom is 0.337 e. The SMILES string of the molecule is O=C(O)c1ccc(=O)n(-c2ccc(F)c([N+](=O)[O-])c2)c1. The van der Waals surface area contributed by atoms with Crippen LogP contribution in [0.5, 0.6) is 0 Å². The highest BCUT2D eigenvalue weighted by atomic mass is 19.1. The molecule has 1 heterocycles. The van der Waals surface area contributed by atoms with E-state index in [9.17, 15) is 24.1 Å². The van der Waals surface area contributed by atoms with Crippen LogP contribution in [0.25, 0.3) is 5.69 Å². The minimum absolute atomic E-state index is 0.00574. The van der Waals surface area contributed by atoms with Crippen LogP contribution in [0.1, 0.15) is 10.4 Å². The summed E-state index contributed by atoms with van der Waals surface area (Å²) in [6, 6.07) is 4.98. The first-order valence-electron chi connectivity index (χ1n) is 5.30. The van der Waals surface area contributed by atoms with Gasteiger partial charge in [0.25, 0.3) is 5.56 Å².